The fourth-order valence-corrected chi connectivity index (χ4v) is 4.88. The van der Waals surface area contributed by atoms with Gasteiger partial charge in [0, 0.05) is 42.5 Å². The van der Waals surface area contributed by atoms with Crippen LogP contribution in [0.4, 0.5) is 5.69 Å². The van der Waals surface area contributed by atoms with E-state index >= 15 is 0 Å². The lowest BCUT2D eigenvalue weighted by Crippen LogP contribution is -2.57. The van der Waals surface area contributed by atoms with Crippen LogP contribution in [0.25, 0.3) is 10.8 Å². The van der Waals surface area contributed by atoms with Gasteiger partial charge in [-0.3, -0.25) is 4.98 Å². The smallest absolute Gasteiger partial charge is 0.147 e. The van der Waals surface area contributed by atoms with E-state index in [1.54, 1.807) is 6.20 Å². The summed E-state index contributed by atoms with van der Waals surface area (Å²) in [5.74, 6) is 0.586. The number of nitrogens with zero attached hydrogens (tertiary/aromatic N) is 3. The second kappa shape index (κ2) is 6.30. The fourth-order valence-electron chi connectivity index (χ4n) is 3.72. The van der Waals surface area contributed by atoms with Gasteiger partial charge in [0.15, 0.2) is 0 Å². The summed E-state index contributed by atoms with van der Waals surface area (Å²) in [6.45, 7) is 6.90. The van der Waals surface area contributed by atoms with E-state index in [-0.39, 0.29) is 17.7 Å². The number of pyridine rings is 1. The van der Waals surface area contributed by atoms with E-state index in [2.05, 4.69) is 29.8 Å². The first-order valence-electron chi connectivity index (χ1n) is 8.48. The molecular weight excluding hydrogens is 334 g/mol. The number of fused-ring (bicyclic) bond motifs is 1. The first kappa shape index (κ1) is 17.7. The third kappa shape index (κ3) is 3.21. The zero-order valence-electron chi connectivity index (χ0n) is 15.0. The van der Waals surface area contributed by atoms with Crippen LogP contribution in [0, 0.1) is 17.2 Å². The molecule has 25 heavy (non-hydrogen) atoms. The van der Waals surface area contributed by atoms with Crippen LogP contribution in [0.2, 0.25) is 0 Å². The van der Waals surface area contributed by atoms with Crippen molar-refractivity contribution in [3.63, 3.8) is 0 Å². The van der Waals surface area contributed by atoms with E-state index in [9.17, 15) is 13.7 Å². The van der Waals surface area contributed by atoms with Gasteiger partial charge in [0.25, 0.3) is 0 Å². The first-order chi connectivity index (χ1) is 11.7. The summed E-state index contributed by atoms with van der Waals surface area (Å²) in [4.78, 5) is 6.40. The maximum absolute atomic E-state index is 11.6. The highest BCUT2D eigenvalue weighted by molar-refractivity contribution is 7.90. The minimum Gasteiger partial charge on any atom is -0.366 e. The van der Waals surface area contributed by atoms with Gasteiger partial charge < -0.3 is 4.90 Å². The summed E-state index contributed by atoms with van der Waals surface area (Å²) in [5.41, 5.74) is 2.65. The van der Waals surface area contributed by atoms with Crippen LogP contribution in [-0.4, -0.2) is 38.0 Å². The van der Waals surface area contributed by atoms with Crippen LogP contribution in [0.3, 0.4) is 0 Å². The van der Waals surface area contributed by atoms with Crippen LogP contribution in [0.5, 0.6) is 0 Å². The Hall–Kier alpha value is -2.13. The van der Waals surface area contributed by atoms with Crippen molar-refractivity contribution < 1.29 is 8.42 Å². The number of benzene rings is 1. The largest absolute Gasteiger partial charge is 0.366 e. The molecule has 0 unspecified atom stereocenters. The lowest BCUT2D eigenvalue weighted by atomic mass is 9.87. The molecule has 0 spiro atoms. The molecule has 6 heteroatoms. The summed E-state index contributed by atoms with van der Waals surface area (Å²) in [6, 6.07) is 6.37. The third-order valence-corrected chi connectivity index (χ3v) is 6.13. The van der Waals surface area contributed by atoms with Crippen LogP contribution in [0.1, 0.15) is 37.8 Å². The number of anilines is 1. The summed E-state index contributed by atoms with van der Waals surface area (Å²) < 4.78 is 23.2. The van der Waals surface area contributed by atoms with Gasteiger partial charge in [-0.15, -0.1) is 0 Å². The molecule has 1 aromatic heterocycles. The van der Waals surface area contributed by atoms with E-state index in [0.717, 1.165) is 22.0 Å². The number of aromatic nitrogens is 1. The summed E-state index contributed by atoms with van der Waals surface area (Å²) in [7, 11) is -3.00. The van der Waals surface area contributed by atoms with Gasteiger partial charge in [0.05, 0.1) is 17.0 Å². The molecule has 2 aromatic rings. The molecule has 2 heterocycles. The van der Waals surface area contributed by atoms with Crippen molar-refractivity contribution in [2.75, 3.05) is 23.5 Å². The average Bonchev–Trinajstić information content (AvgIpc) is 2.56. The molecule has 1 fully saturated rings. The predicted octanol–water partition coefficient (Wildman–Crippen LogP) is 3.10. The molecular formula is C19H23N3O2S. The highest BCUT2D eigenvalue weighted by Gasteiger charge is 2.39. The van der Waals surface area contributed by atoms with E-state index < -0.39 is 9.84 Å². The molecule has 3 rings (SSSR count). The van der Waals surface area contributed by atoms with E-state index in [1.807, 2.05) is 25.3 Å². The molecule has 0 amide bonds. The van der Waals surface area contributed by atoms with Crippen molar-refractivity contribution in [2.45, 2.75) is 32.7 Å². The van der Waals surface area contributed by atoms with Crippen LogP contribution in [-0.2, 0) is 9.84 Å². The molecule has 132 valence electrons. The van der Waals surface area contributed by atoms with Crippen molar-refractivity contribution in [1.29, 1.82) is 5.26 Å². The highest BCUT2D eigenvalue weighted by atomic mass is 32.2. The zero-order chi connectivity index (χ0) is 18.4. The topological polar surface area (TPSA) is 74.1 Å². The molecule has 1 aliphatic rings. The van der Waals surface area contributed by atoms with Crippen molar-refractivity contribution in [3.05, 3.63) is 35.7 Å². The standard InChI is InChI=1S/C19H23N3O2S/c1-12(2)17-7-14(8-20)19(18-9-21-6-5-16(17)18)22-10-15(13(22)3)11-25(4,23)24/h5-7,9,12-13,15H,10-11H2,1-4H3/t13-,15-/m1/s1. The Balaban J connectivity index is 2.09. The average molecular weight is 357 g/mol. The normalized spacial score (nSPS) is 20.6. The zero-order valence-corrected chi connectivity index (χ0v) is 15.8. The second-order valence-corrected chi connectivity index (χ2v) is 9.48. The molecule has 1 aromatic carbocycles. The fraction of sp³-hybridized carbons (Fsp3) is 0.474. The van der Waals surface area contributed by atoms with Crippen LogP contribution in [0.15, 0.2) is 24.5 Å². The van der Waals surface area contributed by atoms with Gasteiger partial charge in [-0.25, -0.2) is 8.42 Å². The number of nitriles is 1. The Bertz CT molecular complexity index is 961. The van der Waals surface area contributed by atoms with Crippen molar-refractivity contribution in [3.8, 4) is 6.07 Å². The molecule has 0 aliphatic carbocycles. The molecule has 0 N–H and O–H groups in total. The summed E-state index contributed by atoms with van der Waals surface area (Å²) in [6.07, 6.45) is 4.86. The van der Waals surface area contributed by atoms with E-state index in [1.165, 1.54) is 6.26 Å². The monoisotopic (exact) mass is 357 g/mol. The Morgan fingerprint density at radius 3 is 2.68 bits per heavy atom. The lowest BCUT2D eigenvalue weighted by molar-refractivity contribution is 0.342. The first-order valence-corrected chi connectivity index (χ1v) is 10.5. The van der Waals surface area contributed by atoms with Gasteiger partial charge >= 0.3 is 0 Å². The van der Waals surface area contributed by atoms with Crippen LogP contribution >= 0.6 is 0 Å². The Morgan fingerprint density at radius 1 is 1.40 bits per heavy atom. The van der Waals surface area contributed by atoms with Crippen LogP contribution < -0.4 is 4.90 Å². The molecule has 1 aliphatic heterocycles. The predicted molar refractivity (Wildman–Crippen MR) is 101 cm³/mol. The van der Waals surface area contributed by atoms with E-state index in [0.29, 0.717) is 18.0 Å². The molecule has 2 atom stereocenters. The van der Waals surface area contributed by atoms with Crippen molar-refractivity contribution in [2.24, 2.45) is 5.92 Å². The molecule has 5 nitrogen and oxygen atoms in total. The second-order valence-electron chi connectivity index (χ2n) is 7.30. The Kier molecular flexibility index (Phi) is 4.46. The summed E-state index contributed by atoms with van der Waals surface area (Å²) in [5, 5.41) is 11.8. The van der Waals surface area contributed by atoms with Gasteiger partial charge in [-0.1, -0.05) is 13.8 Å². The number of hydrogen-bond acceptors (Lipinski definition) is 5. The van der Waals surface area contributed by atoms with E-state index in [4.69, 9.17) is 0 Å². The molecule has 0 saturated carbocycles. The number of sulfone groups is 1. The third-order valence-electron chi connectivity index (χ3n) is 5.09. The Labute approximate surface area is 149 Å². The van der Waals surface area contributed by atoms with Crippen molar-refractivity contribution in [1.82, 2.24) is 4.98 Å². The number of hydrogen-bond donors (Lipinski definition) is 0. The van der Waals surface area contributed by atoms with Gasteiger partial charge in [-0.2, -0.15) is 5.26 Å². The highest BCUT2D eigenvalue weighted by Crippen LogP contribution is 2.41. The summed E-state index contributed by atoms with van der Waals surface area (Å²) >= 11 is 0. The molecule has 1 saturated heterocycles. The SMILES string of the molecule is CC(C)c1cc(C#N)c(N2C[C@H](CS(C)(=O)=O)[C@H]2C)c2cnccc12. The van der Waals surface area contributed by atoms with Crippen molar-refractivity contribution >= 4 is 26.3 Å². The molecule has 0 radical (unpaired) electrons. The maximum atomic E-state index is 11.6. The minimum atomic E-state index is -3.00. The number of rotatable bonds is 4. The lowest BCUT2D eigenvalue weighted by Gasteiger charge is -2.48. The maximum Gasteiger partial charge on any atom is 0.147 e. The van der Waals surface area contributed by atoms with Gasteiger partial charge in [0.1, 0.15) is 15.9 Å². The quantitative estimate of drug-likeness (QED) is 0.840. The minimum absolute atomic E-state index is 0.0788. The Morgan fingerprint density at radius 2 is 2.12 bits per heavy atom. The molecule has 0 bridgehead atoms. The van der Waals surface area contributed by atoms with Gasteiger partial charge in [-0.05, 0) is 35.9 Å². The van der Waals surface area contributed by atoms with Gasteiger partial charge in [0.2, 0.25) is 0 Å².